The molecule has 1 aliphatic heterocycles. The van der Waals surface area contributed by atoms with Gasteiger partial charge in [-0.25, -0.2) is 37.4 Å². The zero-order valence-electron chi connectivity index (χ0n) is 19.4. The molecule has 1 N–H and O–H groups in total. The first-order valence-corrected chi connectivity index (χ1v) is 13.2. The fourth-order valence-electron chi connectivity index (χ4n) is 4.19. The van der Waals surface area contributed by atoms with Gasteiger partial charge in [0, 0.05) is 31.7 Å². The second kappa shape index (κ2) is 9.17. The Hall–Kier alpha value is -3.67. The van der Waals surface area contributed by atoms with Crippen LogP contribution in [0.4, 0.5) is 21.8 Å². The number of sulfone groups is 1. The van der Waals surface area contributed by atoms with Crippen molar-refractivity contribution in [1.82, 2.24) is 29.7 Å². The Morgan fingerprint density at radius 3 is 2.49 bits per heavy atom. The lowest BCUT2D eigenvalue weighted by Crippen LogP contribution is -2.36. The summed E-state index contributed by atoms with van der Waals surface area (Å²) >= 11 is 0. The number of aromatic nitrogens is 6. The molecule has 4 heterocycles. The molecule has 4 aromatic rings. The fraction of sp³-hybridized carbons (Fsp3) is 0.348. The number of aryl methyl sites for hydroxylation is 1. The molecular formula is C23H25FN8O2S. The number of benzene rings is 1. The monoisotopic (exact) mass is 496 g/mol. The van der Waals surface area contributed by atoms with Crippen molar-refractivity contribution in [3.05, 3.63) is 54.5 Å². The van der Waals surface area contributed by atoms with E-state index in [1.165, 1.54) is 18.5 Å². The molecule has 5 rings (SSSR count). The van der Waals surface area contributed by atoms with Crippen LogP contribution in [0.1, 0.15) is 31.4 Å². The quantitative estimate of drug-likeness (QED) is 0.429. The molecule has 1 fully saturated rings. The molecule has 10 nitrogen and oxygen atoms in total. The van der Waals surface area contributed by atoms with E-state index < -0.39 is 15.7 Å². The molecule has 0 unspecified atom stereocenters. The smallest absolute Gasteiger partial charge is 0.225 e. The zero-order valence-corrected chi connectivity index (χ0v) is 20.2. The number of hydrogen-bond donors (Lipinski definition) is 1. The highest BCUT2D eigenvalue weighted by molar-refractivity contribution is 7.90. The van der Waals surface area contributed by atoms with Crippen LogP contribution < -0.4 is 10.2 Å². The van der Waals surface area contributed by atoms with E-state index in [0.717, 1.165) is 56.2 Å². The average molecular weight is 497 g/mol. The summed E-state index contributed by atoms with van der Waals surface area (Å²) in [5, 5.41) is 8.16. The van der Waals surface area contributed by atoms with E-state index in [9.17, 15) is 12.8 Å². The normalized spacial score (nSPS) is 15.0. The molecule has 35 heavy (non-hydrogen) atoms. The van der Waals surface area contributed by atoms with Gasteiger partial charge in [-0.3, -0.25) is 0 Å². The Labute approximate surface area is 202 Å². The molecule has 0 amide bonds. The van der Waals surface area contributed by atoms with Gasteiger partial charge in [-0.15, -0.1) is 0 Å². The minimum atomic E-state index is -3.50. The van der Waals surface area contributed by atoms with Crippen LogP contribution in [0.5, 0.6) is 0 Å². The van der Waals surface area contributed by atoms with Crippen molar-refractivity contribution in [1.29, 1.82) is 0 Å². The van der Waals surface area contributed by atoms with Crippen LogP contribution in [0.25, 0.3) is 11.0 Å². The minimum Gasteiger partial charge on any atom is -0.341 e. The summed E-state index contributed by atoms with van der Waals surface area (Å²) in [4.78, 5) is 19.7. The van der Waals surface area contributed by atoms with Crippen LogP contribution in [0, 0.1) is 5.82 Å². The minimum absolute atomic E-state index is 0.0840. The Morgan fingerprint density at radius 1 is 1.09 bits per heavy atom. The van der Waals surface area contributed by atoms with Crippen molar-refractivity contribution >= 4 is 38.3 Å². The van der Waals surface area contributed by atoms with E-state index in [-0.39, 0.29) is 16.6 Å². The SMILES string of the molecule is CCc1cnc(N2CCC(n3ncc4c(Nc5ccc(S(C)(=O)=O)cc5F)ncnc43)CC2)nc1. The maximum absolute atomic E-state index is 14.6. The lowest BCUT2D eigenvalue weighted by atomic mass is 10.1. The van der Waals surface area contributed by atoms with Gasteiger partial charge in [0.1, 0.15) is 18.0 Å². The molecule has 0 atom stereocenters. The van der Waals surface area contributed by atoms with E-state index >= 15 is 0 Å². The van der Waals surface area contributed by atoms with Crippen molar-refractivity contribution < 1.29 is 12.8 Å². The second-order valence-corrected chi connectivity index (χ2v) is 10.6. The van der Waals surface area contributed by atoms with E-state index in [2.05, 4.69) is 42.2 Å². The molecule has 0 saturated carbocycles. The summed E-state index contributed by atoms with van der Waals surface area (Å²) in [6.07, 6.45) is 10.5. The molecule has 0 aliphatic carbocycles. The molecule has 0 radical (unpaired) electrons. The highest BCUT2D eigenvalue weighted by Crippen LogP contribution is 2.30. The summed E-state index contributed by atoms with van der Waals surface area (Å²) in [5.74, 6) is 0.450. The van der Waals surface area contributed by atoms with Crippen molar-refractivity contribution in [2.24, 2.45) is 0 Å². The van der Waals surface area contributed by atoms with E-state index in [1.54, 1.807) is 6.20 Å². The van der Waals surface area contributed by atoms with Gasteiger partial charge >= 0.3 is 0 Å². The summed E-state index contributed by atoms with van der Waals surface area (Å²) < 4.78 is 39.8. The number of piperidine rings is 1. The molecule has 1 aromatic carbocycles. The molecule has 12 heteroatoms. The fourth-order valence-corrected chi connectivity index (χ4v) is 4.82. The van der Waals surface area contributed by atoms with Crippen LogP contribution in [-0.4, -0.2) is 57.5 Å². The number of hydrogen-bond acceptors (Lipinski definition) is 9. The Morgan fingerprint density at radius 2 is 1.83 bits per heavy atom. The van der Waals surface area contributed by atoms with Crippen LogP contribution >= 0.6 is 0 Å². The highest BCUT2D eigenvalue weighted by Gasteiger charge is 2.25. The first kappa shape index (κ1) is 23.1. The van der Waals surface area contributed by atoms with Crippen LogP contribution in [0.2, 0.25) is 0 Å². The third kappa shape index (κ3) is 4.65. The Balaban J connectivity index is 1.34. The second-order valence-electron chi connectivity index (χ2n) is 8.55. The first-order chi connectivity index (χ1) is 16.8. The number of anilines is 3. The lowest BCUT2D eigenvalue weighted by molar-refractivity contribution is 0.372. The van der Waals surface area contributed by atoms with Gasteiger partial charge in [0.25, 0.3) is 0 Å². The standard InChI is InChI=1S/C23H25FN8O2S/c1-3-15-11-25-23(26-12-15)31-8-6-16(7-9-31)32-22-18(13-29-32)21(27-14-28-22)30-20-5-4-17(10-19(20)24)35(2,33)34/h4-5,10-14,16H,3,6-9H2,1-2H3,(H,27,28,30). The number of halogens is 1. The topological polar surface area (TPSA) is 119 Å². The summed E-state index contributed by atoms with van der Waals surface area (Å²) in [7, 11) is -3.50. The maximum atomic E-state index is 14.6. The van der Waals surface area contributed by atoms with Gasteiger partial charge in [-0.05, 0) is 43.0 Å². The van der Waals surface area contributed by atoms with Crippen LogP contribution in [0.3, 0.4) is 0 Å². The molecule has 0 spiro atoms. The van der Waals surface area contributed by atoms with Crippen LogP contribution in [0.15, 0.2) is 48.0 Å². The van der Waals surface area contributed by atoms with Gasteiger partial charge < -0.3 is 10.2 Å². The van der Waals surface area contributed by atoms with Gasteiger partial charge in [-0.2, -0.15) is 5.10 Å². The average Bonchev–Trinajstić information content (AvgIpc) is 3.30. The number of rotatable bonds is 6. The van der Waals surface area contributed by atoms with Gasteiger partial charge in [0.15, 0.2) is 15.5 Å². The molecule has 3 aromatic heterocycles. The van der Waals surface area contributed by atoms with Crippen molar-refractivity contribution in [2.45, 2.75) is 37.1 Å². The molecule has 0 bridgehead atoms. The lowest BCUT2D eigenvalue weighted by Gasteiger charge is -2.32. The first-order valence-electron chi connectivity index (χ1n) is 11.3. The third-order valence-electron chi connectivity index (χ3n) is 6.21. The van der Waals surface area contributed by atoms with Crippen LogP contribution in [-0.2, 0) is 16.3 Å². The Bertz CT molecular complexity index is 1460. The molecule has 182 valence electrons. The summed E-state index contributed by atoms with van der Waals surface area (Å²) in [5.41, 5.74) is 1.88. The van der Waals surface area contributed by atoms with Gasteiger partial charge in [0.05, 0.1) is 28.2 Å². The number of fused-ring (bicyclic) bond motifs is 1. The van der Waals surface area contributed by atoms with E-state index in [4.69, 9.17) is 0 Å². The summed E-state index contributed by atoms with van der Waals surface area (Å²) in [6.45, 7) is 3.67. The molecular weight excluding hydrogens is 471 g/mol. The predicted octanol–water partition coefficient (Wildman–Crippen LogP) is 3.31. The highest BCUT2D eigenvalue weighted by atomic mass is 32.2. The number of nitrogens with zero attached hydrogens (tertiary/aromatic N) is 7. The summed E-state index contributed by atoms with van der Waals surface area (Å²) in [6, 6.07) is 3.88. The van der Waals surface area contributed by atoms with Gasteiger partial charge in [0.2, 0.25) is 5.95 Å². The van der Waals surface area contributed by atoms with E-state index in [1.807, 2.05) is 17.1 Å². The van der Waals surface area contributed by atoms with Gasteiger partial charge in [-0.1, -0.05) is 6.92 Å². The van der Waals surface area contributed by atoms with Crippen molar-refractivity contribution in [3.8, 4) is 0 Å². The largest absolute Gasteiger partial charge is 0.341 e. The Kier molecular flexibility index (Phi) is 6.05. The zero-order chi connectivity index (χ0) is 24.6. The van der Waals surface area contributed by atoms with Crippen molar-refractivity contribution in [2.75, 3.05) is 29.6 Å². The van der Waals surface area contributed by atoms with Crippen molar-refractivity contribution in [3.63, 3.8) is 0 Å². The molecule has 1 saturated heterocycles. The van der Waals surface area contributed by atoms with E-state index in [0.29, 0.717) is 16.9 Å². The maximum Gasteiger partial charge on any atom is 0.225 e. The third-order valence-corrected chi connectivity index (χ3v) is 7.32. The number of nitrogens with one attached hydrogen (secondary N) is 1. The predicted molar refractivity (Wildman–Crippen MR) is 130 cm³/mol. The molecule has 1 aliphatic rings.